The van der Waals surface area contributed by atoms with Crippen molar-refractivity contribution in [3.63, 3.8) is 0 Å². The van der Waals surface area contributed by atoms with E-state index in [9.17, 15) is 0 Å². The Kier molecular flexibility index (Phi) is 0.877. The van der Waals surface area contributed by atoms with Crippen molar-refractivity contribution in [1.82, 2.24) is 10.2 Å². The Balaban J connectivity index is 2.38. The van der Waals surface area contributed by atoms with Crippen LogP contribution in [0.15, 0.2) is 12.3 Å². The lowest BCUT2D eigenvalue weighted by atomic mass is 10.1. The fourth-order valence-corrected chi connectivity index (χ4v) is 1.08. The third-order valence-electron chi connectivity index (χ3n) is 1.96. The average Bonchev–Trinajstić information content (AvgIpc) is 2.58. The number of rotatable bonds is 1. The van der Waals surface area contributed by atoms with Crippen LogP contribution in [-0.2, 0) is 5.41 Å². The minimum absolute atomic E-state index is 0.222. The highest BCUT2D eigenvalue weighted by Gasteiger charge is 2.46. The topological polar surface area (TPSA) is 52.5 Å². The van der Waals surface area contributed by atoms with Crippen LogP contribution in [0.3, 0.4) is 0 Å². The Morgan fingerprint density at radius 3 is 2.90 bits per heavy atom. The zero-order valence-electron chi connectivity index (χ0n) is 5.46. The molecular weight excluding hydrogens is 126 g/mol. The van der Waals surface area contributed by atoms with Crippen molar-refractivity contribution in [2.45, 2.75) is 18.3 Å². The molecule has 1 aromatic rings. The Morgan fingerprint density at radius 1 is 1.70 bits per heavy atom. The Bertz CT molecular complexity index is 264. The predicted octanol–water partition coefficient (Wildman–Crippen LogP) is 0.965. The van der Waals surface area contributed by atoms with Crippen molar-refractivity contribution in [2.24, 2.45) is 0 Å². The van der Waals surface area contributed by atoms with E-state index in [1.165, 1.54) is 0 Å². The lowest BCUT2D eigenvalue weighted by Crippen LogP contribution is -2.02. The fourth-order valence-electron chi connectivity index (χ4n) is 1.08. The Hall–Kier alpha value is -1.30. The van der Waals surface area contributed by atoms with Gasteiger partial charge in [-0.25, -0.2) is 0 Å². The second-order valence-corrected chi connectivity index (χ2v) is 2.65. The molecule has 0 saturated heterocycles. The molecule has 3 heteroatoms. The van der Waals surface area contributed by atoms with Gasteiger partial charge in [0.1, 0.15) is 5.41 Å². The van der Waals surface area contributed by atoms with Gasteiger partial charge < -0.3 is 0 Å². The lowest BCUT2D eigenvalue weighted by molar-refractivity contribution is 0.837. The third-order valence-corrected chi connectivity index (χ3v) is 1.96. The highest BCUT2D eigenvalue weighted by molar-refractivity contribution is 5.32. The van der Waals surface area contributed by atoms with Crippen LogP contribution in [-0.4, -0.2) is 10.2 Å². The molecule has 1 aliphatic carbocycles. The van der Waals surface area contributed by atoms with Gasteiger partial charge in [0, 0.05) is 6.20 Å². The molecule has 0 atom stereocenters. The maximum absolute atomic E-state index is 8.72. The van der Waals surface area contributed by atoms with Crippen LogP contribution in [0.4, 0.5) is 0 Å². The van der Waals surface area contributed by atoms with Crippen LogP contribution >= 0.6 is 0 Å². The molecule has 10 heavy (non-hydrogen) atoms. The second-order valence-electron chi connectivity index (χ2n) is 2.65. The number of aromatic nitrogens is 2. The van der Waals surface area contributed by atoms with Crippen molar-refractivity contribution in [1.29, 1.82) is 5.26 Å². The van der Waals surface area contributed by atoms with Gasteiger partial charge in [0.15, 0.2) is 0 Å². The molecule has 0 bridgehead atoms. The summed E-state index contributed by atoms with van der Waals surface area (Å²) in [5.74, 6) is 0. The van der Waals surface area contributed by atoms with Crippen molar-refractivity contribution in [2.75, 3.05) is 0 Å². The summed E-state index contributed by atoms with van der Waals surface area (Å²) in [5.41, 5.74) is 0.676. The van der Waals surface area contributed by atoms with Crippen LogP contribution in [0.25, 0.3) is 0 Å². The van der Waals surface area contributed by atoms with Gasteiger partial charge in [-0.2, -0.15) is 10.4 Å². The van der Waals surface area contributed by atoms with Crippen LogP contribution in [0, 0.1) is 11.3 Å². The van der Waals surface area contributed by atoms with Gasteiger partial charge in [0.2, 0.25) is 0 Å². The minimum Gasteiger partial charge on any atom is -0.285 e. The third kappa shape index (κ3) is 0.561. The van der Waals surface area contributed by atoms with Gasteiger partial charge in [-0.15, -0.1) is 0 Å². The SMILES string of the molecule is N#CC1(c2cc[nH]n2)CC1. The monoisotopic (exact) mass is 133 g/mol. The van der Waals surface area contributed by atoms with Crippen molar-refractivity contribution >= 4 is 0 Å². The summed E-state index contributed by atoms with van der Waals surface area (Å²) in [7, 11) is 0. The zero-order valence-corrected chi connectivity index (χ0v) is 5.46. The summed E-state index contributed by atoms with van der Waals surface area (Å²) in [4.78, 5) is 0. The van der Waals surface area contributed by atoms with Gasteiger partial charge in [-0.3, -0.25) is 5.10 Å². The summed E-state index contributed by atoms with van der Waals surface area (Å²) in [6.45, 7) is 0. The first-order valence-electron chi connectivity index (χ1n) is 3.29. The lowest BCUT2D eigenvalue weighted by Gasteiger charge is -1.96. The number of hydrogen-bond acceptors (Lipinski definition) is 2. The molecule has 1 fully saturated rings. The molecule has 50 valence electrons. The quantitative estimate of drug-likeness (QED) is 0.620. The van der Waals surface area contributed by atoms with Crippen LogP contribution in [0.5, 0.6) is 0 Å². The molecule has 2 rings (SSSR count). The smallest absolute Gasteiger partial charge is 0.101 e. The first-order chi connectivity index (χ1) is 4.87. The maximum atomic E-state index is 8.72. The molecule has 0 aliphatic heterocycles. The van der Waals surface area contributed by atoms with Crippen LogP contribution in [0.2, 0.25) is 0 Å². The molecule has 0 radical (unpaired) electrons. The molecule has 1 aromatic heterocycles. The van der Waals surface area contributed by atoms with Crippen LogP contribution in [0.1, 0.15) is 18.5 Å². The molecule has 1 saturated carbocycles. The number of hydrogen-bond donors (Lipinski definition) is 1. The van der Waals surface area contributed by atoms with Gasteiger partial charge in [0.25, 0.3) is 0 Å². The fraction of sp³-hybridized carbons (Fsp3) is 0.429. The minimum atomic E-state index is -0.222. The summed E-state index contributed by atoms with van der Waals surface area (Å²) < 4.78 is 0. The van der Waals surface area contributed by atoms with E-state index in [4.69, 9.17) is 5.26 Å². The van der Waals surface area contributed by atoms with E-state index in [0.717, 1.165) is 18.5 Å². The van der Waals surface area contributed by atoms with E-state index in [2.05, 4.69) is 16.3 Å². The van der Waals surface area contributed by atoms with E-state index in [1.54, 1.807) is 6.20 Å². The van der Waals surface area contributed by atoms with Gasteiger partial charge >= 0.3 is 0 Å². The summed E-state index contributed by atoms with van der Waals surface area (Å²) in [6.07, 6.45) is 3.69. The summed E-state index contributed by atoms with van der Waals surface area (Å²) >= 11 is 0. The number of aromatic amines is 1. The molecule has 0 unspecified atom stereocenters. The van der Waals surface area contributed by atoms with E-state index in [0.29, 0.717) is 0 Å². The largest absolute Gasteiger partial charge is 0.285 e. The molecule has 3 nitrogen and oxygen atoms in total. The molecule has 1 heterocycles. The molecule has 1 aliphatic rings. The number of nitrogens with one attached hydrogen (secondary N) is 1. The number of nitrogens with zero attached hydrogens (tertiary/aromatic N) is 2. The van der Waals surface area contributed by atoms with Gasteiger partial charge in [0.05, 0.1) is 11.8 Å². The molecule has 0 aromatic carbocycles. The van der Waals surface area contributed by atoms with Crippen molar-refractivity contribution in [3.8, 4) is 6.07 Å². The first-order valence-corrected chi connectivity index (χ1v) is 3.29. The Labute approximate surface area is 58.7 Å². The number of nitriles is 1. The van der Waals surface area contributed by atoms with Crippen molar-refractivity contribution < 1.29 is 0 Å². The van der Waals surface area contributed by atoms with E-state index in [-0.39, 0.29) is 5.41 Å². The van der Waals surface area contributed by atoms with Gasteiger partial charge in [-0.05, 0) is 18.9 Å². The normalized spacial score (nSPS) is 19.9. The summed E-state index contributed by atoms with van der Waals surface area (Å²) in [5, 5.41) is 15.4. The van der Waals surface area contributed by atoms with E-state index >= 15 is 0 Å². The van der Waals surface area contributed by atoms with Crippen LogP contribution < -0.4 is 0 Å². The first kappa shape index (κ1) is 5.48. The maximum Gasteiger partial charge on any atom is 0.101 e. The molecule has 0 spiro atoms. The standard InChI is InChI=1S/C7H7N3/c8-5-7(2-3-7)6-1-4-9-10-6/h1,4H,2-3H2,(H,9,10). The number of H-pyrrole nitrogens is 1. The predicted molar refractivity (Wildman–Crippen MR) is 35.1 cm³/mol. The molecule has 1 N–H and O–H groups in total. The Morgan fingerprint density at radius 2 is 2.50 bits per heavy atom. The van der Waals surface area contributed by atoms with E-state index < -0.39 is 0 Å². The highest BCUT2D eigenvalue weighted by atomic mass is 15.1. The highest BCUT2D eigenvalue weighted by Crippen LogP contribution is 2.46. The van der Waals surface area contributed by atoms with E-state index in [1.807, 2.05) is 6.07 Å². The van der Waals surface area contributed by atoms with Gasteiger partial charge in [-0.1, -0.05) is 0 Å². The van der Waals surface area contributed by atoms with Crippen molar-refractivity contribution in [3.05, 3.63) is 18.0 Å². The second kappa shape index (κ2) is 1.60. The average molecular weight is 133 g/mol. The molecule has 0 amide bonds. The molecular formula is C7H7N3. The summed E-state index contributed by atoms with van der Waals surface area (Å²) in [6, 6.07) is 4.14. The zero-order chi connectivity index (χ0) is 7.03.